The summed E-state index contributed by atoms with van der Waals surface area (Å²) < 4.78 is 2.29. The van der Waals surface area contributed by atoms with E-state index in [-0.39, 0.29) is 0 Å². The van der Waals surface area contributed by atoms with Gasteiger partial charge in [0.1, 0.15) is 11.3 Å². The Morgan fingerprint density at radius 1 is 1.23 bits per heavy atom. The van der Waals surface area contributed by atoms with Crippen molar-refractivity contribution in [1.29, 1.82) is 0 Å². The van der Waals surface area contributed by atoms with Crippen molar-refractivity contribution in [3.05, 3.63) is 59.5 Å². The van der Waals surface area contributed by atoms with Gasteiger partial charge in [0.15, 0.2) is 5.65 Å². The molecule has 1 aromatic carbocycles. The van der Waals surface area contributed by atoms with Gasteiger partial charge in [-0.2, -0.15) is 0 Å². The lowest BCUT2D eigenvalue weighted by Crippen LogP contribution is -2.22. The fraction of sp³-hybridized carbons (Fsp3) is 0.333. The maximum atomic E-state index is 4.84. The largest absolute Gasteiger partial charge is 0.297 e. The van der Waals surface area contributed by atoms with E-state index in [1.807, 2.05) is 18.3 Å². The molecule has 4 rings (SSSR count). The lowest BCUT2D eigenvalue weighted by molar-refractivity contribution is 0.464. The molecule has 0 bridgehead atoms. The fourth-order valence-electron chi connectivity index (χ4n) is 3.20. The lowest BCUT2D eigenvalue weighted by Gasteiger charge is -2.16. The molecule has 0 radical (unpaired) electrons. The van der Waals surface area contributed by atoms with Gasteiger partial charge in [0, 0.05) is 12.6 Å². The Kier molecular flexibility index (Phi) is 3.39. The summed E-state index contributed by atoms with van der Waals surface area (Å²) in [6.07, 6.45) is 5.37. The third-order valence-electron chi connectivity index (χ3n) is 4.35. The summed E-state index contributed by atoms with van der Waals surface area (Å²) in [5.41, 5.74) is 4.55. The van der Waals surface area contributed by atoms with Crippen LogP contribution in [0.5, 0.6) is 0 Å². The minimum absolute atomic E-state index is 0.320. The van der Waals surface area contributed by atoms with E-state index in [1.165, 1.54) is 17.5 Å². The van der Waals surface area contributed by atoms with E-state index in [1.54, 1.807) is 0 Å². The van der Waals surface area contributed by atoms with Gasteiger partial charge in [-0.1, -0.05) is 29.8 Å². The molecule has 0 saturated carbocycles. The number of imidazole rings is 1. The van der Waals surface area contributed by atoms with Gasteiger partial charge < -0.3 is 0 Å². The van der Waals surface area contributed by atoms with Gasteiger partial charge in [0.05, 0.1) is 6.17 Å². The minimum Gasteiger partial charge on any atom is -0.297 e. The normalized spacial score (nSPS) is 18.1. The van der Waals surface area contributed by atoms with Crippen LogP contribution in [0.15, 0.2) is 42.6 Å². The summed E-state index contributed by atoms with van der Waals surface area (Å²) in [6.45, 7) is 3.19. The fourth-order valence-corrected chi connectivity index (χ4v) is 3.20. The molecular formula is C18H20N4. The molecule has 3 aromatic rings. The maximum Gasteiger partial charge on any atom is 0.161 e. The smallest absolute Gasteiger partial charge is 0.161 e. The van der Waals surface area contributed by atoms with Gasteiger partial charge in [-0.05, 0) is 44.0 Å². The average Bonchev–Trinajstić information content (AvgIpc) is 3.16. The first-order valence-electron chi connectivity index (χ1n) is 7.92. The molecule has 1 unspecified atom stereocenters. The molecule has 2 aromatic heterocycles. The predicted molar refractivity (Wildman–Crippen MR) is 87.8 cm³/mol. The number of rotatable bonds is 3. The van der Waals surface area contributed by atoms with Crippen LogP contribution in [0.1, 0.15) is 36.0 Å². The molecule has 1 aliphatic heterocycles. The Morgan fingerprint density at radius 3 is 2.86 bits per heavy atom. The number of fused-ring (bicyclic) bond motifs is 1. The molecule has 1 saturated heterocycles. The molecule has 112 valence electrons. The van der Waals surface area contributed by atoms with Crippen LogP contribution >= 0.6 is 0 Å². The highest BCUT2D eigenvalue weighted by molar-refractivity contribution is 5.71. The number of hydrogen-bond donors (Lipinski definition) is 1. The summed E-state index contributed by atoms with van der Waals surface area (Å²) >= 11 is 0. The van der Waals surface area contributed by atoms with Crippen molar-refractivity contribution in [2.75, 3.05) is 6.54 Å². The van der Waals surface area contributed by atoms with Crippen LogP contribution in [0.25, 0.3) is 11.2 Å². The predicted octanol–water partition coefficient (Wildman–Crippen LogP) is 3.21. The van der Waals surface area contributed by atoms with E-state index in [2.05, 4.69) is 46.1 Å². The highest BCUT2D eigenvalue weighted by atomic mass is 15.3. The summed E-state index contributed by atoms with van der Waals surface area (Å²) in [4.78, 5) is 9.40. The van der Waals surface area contributed by atoms with Crippen molar-refractivity contribution >= 4 is 11.2 Å². The number of aromatic nitrogens is 3. The zero-order chi connectivity index (χ0) is 14.9. The first-order chi connectivity index (χ1) is 10.8. The first-order valence-corrected chi connectivity index (χ1v) is 7.92. The second-order valence-electron chi connectivity index (χ2n) is 6.02. The highest BCUT2D eigenvalue weighted by Gasteiger charge is 2.22. The second-order valence-corrected chi connectivity index (χ2v) is 6.02. The van der Waals surface area contributed by atoms with E-state index < -0.39 is 0 Å². The molecule has 3 heterocycles. The molecule has 0 spiro atoms. The lowest BCUT2D eigenvalue weighted by atomic mass is 10.1. The summed E-state index contributed by atoms with van der Waals surface area (Å²) in [6, 6.07) is 12.7. The monoisotopic (exact) mass is 292 g/mol. The van der Waals surface area contributed by atoms with Gasteiger partial charge >= 0.3 is 0 Å². The van der Waals surface area contributed by atoms with Crippen molar-refractivity contribution in [2.45, 2.75) is 32.4 Å². The molecule has 1 fully saturated rings. The number of pyridine rings is 1. The van der Waals surface area contributed by atoms with Crippen molar-refractivity contribution in [2.24, 2.45) is 0 Å². The first kappa shape index (κ1) is 13.5. The van der Waals surface area contributed by atoms with Crippen molar-refractivity contribution in [3.63, 3.8) is 0 Å². The Morgan fingerprint density at radius 2 is 2.09 bits per heavy atom. The van der Waals surface area contributed by atoms with Gasteiger partial charge in [0.2, 0.25) is 0 Å². The van der Waals surface area contributed by atoms with Crippen LogP contribution in [0.3, 0.4) is 0 Å². The number of nitrogens with zero attached hydrogens (tertiary/aromatic N) is 3. The quantitative estimate of drug-likeness (QED) is 0.806. The SMILES string of the molecule is Cc1ccc(Cc2nc3cccnc3n2C2CCCN2)cc1. The van der Waals surface area contributed by atoms with Crippen molar-refractivity contribution in [1.82, 2.24) is 19.9 Å². The minimum atomic E-state index is 0.320. The molecule has 0 aliphatic carbocycles. The Hall–Kier alpha value is -2.20. The van der Waals surface area contributed by atoms with Crippen LogP contribution in [0, 0.1) is 6.92 Å². The van der Waals surface area contributed by atoms with Gasteiger partial charge in [-0.3, -0.25) is 9.88 Å². The molecule has 4 heteroatoms. The molecule has 1 aliphatic rings. The number of nitrogens with one attached hydrogen (secondary N) is 1. The van der Waals surface area contributed by atoms with Crippen LogP contribution in [0.2, 0.25) is 0 Å². The Labute approximate surface area is 130 Å². The molecule has 22 heavy (non-hydrogen) atoms. The summed E-state index contributed by atoms with van der Waals surface area (Å²) in [5, 5.41) is 3.57. The molecule has 0 amide bonds. The van der Waals surface area contributed by atoms with E-state index in [9.17, 15) is 0 Å². The molecular weight excluding hydrogens is 272 g/mol. The number of hydrogen-bond acceptors (Lipinski definition) is 3. The van der Waals surface area contributed by atoms with Crippen molar-refractivity contribution < 1.29 is 0 Å². The van der Waals surface area contributed by atoms with E-state index in [4.69, 9.17) is 4.98 Å². The zero-order valence-corrected chi connectivity index (χ0v) is 12.8. The van der Waals surface area contributed by atoms with E-state index in [0.29, 0.717) is 6.17 Å². The molecule has 1 N–H and O–H groups in total. The average molecular weight is 292 g/mol. The standard InChI is InChI=1S/C18H20N4/c1-13-6-8-14(9-7-13)12-17-21-15-4-2-11-20-18(15)22(17)16-5-3-10-19-16/h2,4,6-9,11,16,19H,3,5,10,12H2,1H3. The van der Waals surface area contributed by atoms with Crippen LogP contribution in [0.4, 0.5) is 0 Å². The van der Waals surface area contributed by atoms with Crippen LogP contribution in [-0.2, 0) is 6.42 Å². The topological polar surface area (TPSA) is 42.7 Å². The molecule has 4 nitrogen and oxygen atoms in total. The maximum absolute atomic E-state index is 4.84. The highest BCUT2D eigenvalue weighted by Crippen LogP contribution is 2.25. The summed E-state index contributed by atoms with van der Waals surface area (Å²) in [7, 11) is 0. The summed E-state index contributed by atoms with van der Waals surface area (Å²) in [5.74, 6) is 1.09. The Bertz CT molecular complexity index is 782. The number of benzene rings is 1. The van der Waals surface area contributed by atoms with Crippen LogP contribution < -0.4 is 5.32 Å². The second kappa shape index (κ2) is 5.54. The van der Waals surface area contributed by atoms with E-state index >= 15 is 0 Å². The third kappa shape index (κ3) is 2.40. The Balaban J connectivity index is 1.78. The van der Waals surface area contributed by atoms with Gasteiger partial charge in [0.25, 0.3) is 0 Å². The van der Waals surface area contributed by atoms with E-state index in [0.717, 1.165) is 36.4 Å². The van der Waals surface area contributed by atoms with Crippen molar-refractivity contribution in [3.8, 4) is 0 Å². The zero-order valence-electron chi connectivity index (χ0n) is 12.8. The third-order valence-corrected chi connectivity index (χ3v) is 4.35. The van der Waals surface area contributed by atoms with Gasteiger partial charge in [-0.25, -0.2) is 9.97 Å². The van der Waals surface area contributed by atoms with Gasteiger partial charge in [-0.15, -0.1) is 0 Å². The molecule has 1 atom stereocenters. The number of aryl methyl sites for hydroxylation is 1. The van der Waals surface area contributed by atoms with Crippen LogP contribution in [-0.4, -0.2) is 21.1 Å².